The van der Waals surface area contributed by atoms with Gasteiger partial charge in [0.25, 0.3) is 0 Å². The largest absolute Gasteiger partial charge is 0.508 e. The van der Waals surface area contributed by atoms with E-state index >= 15 is 0 Å². The van der Waals surface area contributed by atoms with Crippen molar-refractivity contribution in [1.82, 2.24) is 0 Å². The van der Waals surface area contributed by atoms with Gasteiger partial charge in [-0.1, -0.05) is 24.3 Å². The second kappa shape index (κ2) is 9.22. The van der Waals surface area contributed by atoms with E-state index in [1.807, 2.05) is 0 Å². The first-order valence-electron chi connectivity index (χ1n) is 7.94. The van der Waals surface area contributed by atoms with Crippen molar-refractivity contribution in [2.45, 2.75) is 6.42 Å². The first-order valence-corrected chi connectivity index (χ1v) is 7.94. The normalized spacial score (nSPS) is 11.0. The van der Waals surface area contributed by atoms with Gasteiger partial charge in [-0.3, -0.25) is 9.59 Å². The van der Waals surface area contributed by atoms with Gasteiger partial charge in [-0.2, -0.15) is 0 Å². The maximum atomic E-state index is 12.0. The van der Waals surface area contributed by atoms with Crippen molar-refractivity contribution in [2.24, 2.45) is 0 Å². The molecule has 0 radical (unpaired) electrons. The molecular weight excluding hydrogens is 332 g/mol. The molecular formula is C21H20O5. The summed E-state index contributed by atoms with van der Waals surface area (Å²) in [6, 6.07) is 11.7. The molecule has 2 aromatic rings. The van der Waals surface area contributed by atoms with Crippen LogP contribution in [0.2, 0.25) is 0 Å². The van der Waals surface area contributed by atoms with Gasteiger partial charge in [-0.05, 0) is 47.5 Å². The molecule has 0 saturated carbocycles. The number of benzene rings is 2. The van der Waals surface area contributed by atoms with Gasteiger partial charge < -0.3 is 14.6 Å². The first kappa shape index (κ1) is 19.0. The second-order valence-corrected chi connectivity index (χ2v) is 5.51. The van der Waals surface area contributed by atoms with E-state index in [-0.39, 0.29) is 23.7 Å². The third-order valence-corrected chi connectivity index (χ3v) is 3.54. The second-order valence-electron chi connectivity index (χ2n) is 5.51. The molecule has 0 aliphatic heterocycles. The quantitative estimate of drug-likeness (QED) is 0.580. The molecule has 2 rings (SSSR count). The van der Waals surface area contributed by atoms with E-state index in [2.05, 4.69) is 0 Å². The molecule has 134 valence electrons. The lowest BCUT2D eigenvalue weighted by molar-refractivity contribution is -0.121. The van der Waals surface area contributed by atoms with Crippen LogP contribution in [0, 0.1) is 0 Å². The van der Waals surface area contributed by atoms with Crippen molar-refractivity contribution in [3.63, 3.8) is 0 Å². The Kier molecular flexibility index (Phi) is 6.74. The standard InChI is InChI=1S/C21H20O5/c1-25-20-11-16(12-21(14-20)26-2)6-10-19(24)13-18(23)9-5-15-3-7-17(22)8-4-15/h3-12,14,22H,13H2,1-2H3/b9-5+,10-6+. The van der Waals surface area contributed by atoms with Crippen LogP contribution in [0.25, 0.3) is 12.2 Å². The molecule has 0 aliphatic carbocycles. The summed E-state index contributed by atoms with van der Waals surface area (Å²) in [7, 11) is 3.10. The van der Waals surface area contributed by atoms with Gasteiger partial charge in [-0.25, -0.2) is 0 Å². The topological polar surface area (TPSA) is 72.8 Å². The van der Waals surface area contributed by atoms with Gasteiger partial charge in [0.05, 0.1) is 20.6 Å². The van der Waals surface area contributed by atoms with Crippen LogP contribution in [0.15, 0.2) is 54.6 Å². The molecule has 0 atom stereocenters. The molecule has 0 spiro atoms. The zero-order valence-electron chi connectivity index (χ0n) is 14.6. The zero-order chi connectivity index (χ0) is 18.9. The minimum atomic E-state index is -0.299. The van der Waals surface area contributed by atoms with Gasteiger partial charge in [0.15, 0.2) is 11.6 Å². The average Bonchev–Trinajstić information content (AvgIpc) is 2.65. The smallest absolute Gasteiger partial charge is 0.163 e. The molecule has 0 aromatic heterocycles. The molecule has 0 aliphatic rings. The van der Waals surface area contributed by atoms with Gasteiger partial charge in [0.2, 0.25) is 0 Å². The number of phenols is 1. The van der Waals surface area contributed by atoms with E-state index in [1.54, 1.807) is 56.7 Å². The van der Waals surface area contributed by atoms with Crippen molar-refractivity contribution in [2.75, 3.05) is 14.2 Å². The monoisotopic (exact) mass is 352 g/mol. The highest BCUT2D eigenvalue weighted by molar-refractivity contribution is 6.10. The maximum Gasteiger partial charge on any atom is 0.163 e. The predicted molar refractivity (Wildman–Crippen MR) is 100 cm³/mol. The molecule has 0 unspecified atom stereocenters. The van der Waals surface area contributed by atoms with Crippen LogP contribution >= 0.6 is 0 Å². The van der Waals surface area contributed by atoms with Gasteiger partial charge in [-0.15, -0.1) is 0 Å². The van der Waals surface area contributed by atoms with Crippen molar-refractivity contribution in [3.8, 4) is 17.2 Å². The number of hydrogen-bond donors (Lipinski definition) is 1. The minimum Gasteiger partial charge on any atom is -0.508 e. The summed E-state index contributed by atoms with van der Waals surface area (Å²) in [5.41, 5.74) is 1.50. The average molecular weight is 352 g/mol. The van der Waals surface area contributed by atoms with E-state index in [0.29, 0.717) is 11.5 Å². The van der Waals surface area contributed by atoms with Crippen LogP contribution < -0.4 is 9.47 Å². The van der Waals surface area contributed by atoms with Crippen molar-refractivity contribution >= 4 is 23.7 Å². The van der Waals surface area contributed by atoms with Crippen LogP contribution in [0.1, 0.15) is 17.5 Å². The summed E-state index contributed by atoms with van der Waals surface area (Å²) in [5.74, 6) is 0.791. The van der Waals surface area contributed by atoms with E-state index < -0.39 is 0 Å². The maximum absolute atomic E-state index is 12.0. The van der Waals surface area contributed by atoms with E-state index in [9.17, 15) is 14.7 Å². The molecule has 5 nitrogen and oxygen atoms in total. The lowest BCUT2D eigenvalue weighted by Gasteiger charge is -2.05. The van der Waals surface area contributed by atoms with Crippen LogP contribution in [0.5, 0.6) is 17.2 Å². The number of phenolic OH excluding ortho intramolecular Hbond substituents is 1. The van der Waals surface area contributed by atoms with Crippen molar-refractivity contribution in [1.29, 1.82) is 0 Å². The molecule has 26 heavy (non-hydrogen) atoms. The van der Waals surface area contributed by atoms with E-state index in [0.717, 1.165) is 11.1 Å². The Hall–Kier alpha value is -3.34. The lowest BCUT2D eigenvalue weighted by Crippen LogP contribution is -2.01. The first-order chi connectivity index (χ1) is 12.5. The predicted octanol–water partition coefficient (Wildman–Crippen LogP) is 3.66. The fourth-order valence-electron chi connectivity index (χ4n) is 2.18. The van der Waals surface area contributed by atoms with Crippen LogP contribution in [0.3, 0.4) is 0 Å². The molecule has 5 heteroatoms. The van der Waals surface area contributed by atoms with Crippen molar-refractivity contribution in [3.05, 3.63) is 65.7 Å². The summed E-state index contributed by atoms with van der Waals surface area (Å²) >= 11 is 0. The summed E-state index contributed by atoms with van der Waals surface area (Å²) in [4.78, 5) is 23.8. The molecule has 2 aromatic carbocycles. The Morgan fingerprint density at radius 1 is 0.846 bits per heavy atom. The highest BCUT2D eigenvalue weighted by atomic mass is 16.5. The fraction of sp³-hybridized carbons (Fsp3) is 0.143. The molecule has 0 saturated heterocycles. The van der Waals surface area contributed by atoms with Crippen LogP contribution in [-0.4, -0.2) is 30.9 Å². The number of rotatable bonds is 8. The Bertz CT molecular complexity index is 810. The Balaban J connectivity index is 1.96. The van der Waals surface area contributed by atoms with Crippen molar-refractivity contribution < 1.29 is 24.2 Å². The van der Waals surface area contributed by atoms with Crippen LogP contribution in [-0.2, 0) is 9.59 Å². The highest BCUT2D eigenvalue weighted by Gasteiger charge is 2.05. The minimum absolute atomic E-state index is 0.156. The summed E-state index contributed by atoms with van der Waals surface area (Å²) in [5, 5.41) is 9.21. The Morgan fingerprint density at radius 3 is 1.85 bits per heavy atom. The van der Waals surface area contributed by atoms with Gasteiger partial charge in [0.1, 0.15) is 17.2 Å². The number of ether oxygens (including phenoxy) is 2. The summed E-state index contributed by atoms with van der Waals surface area (Å²) in [6.45, 7) is 0. The number of aromatic hydroxyl groups is 1. The SMILES string of the molecule is COc1cc(/C=C/C(=O)CC(=O)/C=C/c2ccc(O)cc2)cc(OC)c1. The van der Waals surface area contributed by atoms with E-state index in [4.69, 9.17) is 9.47 Å². The number of ketones is 2. The summed E-state index contributed by atoms with van der Waals surface area (Å²) in [6.07, 6.45) is 5.72. The molecule has 0 bridgehead atoms. The van der Waals surface area contributed by atoms with Gasteiger partial charge >= 0.3 is 0 Å². The molecule has 0 fully saturated rings. The Labute approximate surface area is 152 Å². The highest BCUT2D eigenvalue weighted by Crippen LogP contribution is 2.23. The zero-order valence-corrected chi connectivity index (χ0v) is 14.6. The third-order valence-electron chi connectivity index (χ3n) is 3.54. The molecule has 0 amide bonds. The number of allylic oxidation sites excluding steroid dienone is 2. The third kappa shape index (κ3) is 5.94. The van der Waals surface area contributed by atoms with Gasteiger partial charge in [0, 0.05) is 6.07 Å². The number of carbonyl (C=O) groups excluding carboxylic acids is 2. The summed E-state index contributed by atoms with van der Waals surface area (Å²) < 4.78 is 10.3. The lowest BCUT2D eigenvalue weighted by atomic mass is 10.1. The Morgan fingerprint density at radius 2 is 1.35 bits per heavy atom. The molecule has 1 N–H and O–H groups in total. The number of hydrogen-bond acceptors (Lipinski definition) is 5. The number of carbonyl (C=O) groups is 2. The van der Waals surface area contributed by atoms with E-state index in [1.165, 1.54) is 24.3 Å². The fourth-order valence-corrected chi connectivity index (χ4v) is 2.18. The van der Waals surface area contributed by atoms with Crippen LogP contribution in [0.4, 0.5) is 0 Å². The molecule has 0 heterocycles. The number of methoxy groups -OCH3 is 2.